The smallest absolute Gasteiger partial charge is 0.268 e. The lowest BCUT2D eigenvalue weighted by atomic mass is 10.1. The van der Waals surface area contributed by atoms with Gasteiger partial charge in [0.1, 0.15) is 41.4 Å². The maximum Gasteiger partial charge on any atom is 0.268 e. The summed E-state index contributed by atoms with van der Waals surface area (Å²) in [4.78, 5) is 12.8. The minimum Gasteiger partial charge on any atom is -0.497 e. The average Bonchev–Trinajstić information content (AvgIpc) is 3.44. The molecule has 9 nitrogen and oxygen atoms in total. The van der Waals surface area contributed by atoms with Gasteiger partial charge < -0.3 is 18.9 Å². The highest BCUT2D eigenvalue weighted by molar-refractivity contribution is 7.18. The molecule has 39 heavy (non-hydrogen) atoms. The van der Waals surface area contributed by atoms with E-state index in [2.05, 4.69) is 15.5 Å². The van der Waals surface area contributed by atoms with Gasteiger partial charge in [-0.05, 0) is 55.0 Å². The van der Waals surface area contributed by atoms with Crippen molar-refractivity contribution in [2.45, 2.75) is 6.92 Å². The number of nitriles is 1. The lowest BCUT2D eigenvalue weighted by Gasteiger charge is -2.13. The predicted octanol–water partition coefficient (Wildman–Crippen LogP) is 5.62. The van der Waals surface area contributed by atoms with Crippen LogP contribution < -0.4 is 24.3 Å². The summed E-state index contributed by atoms with van der Waals surface area (Å²) in [5.74, 6) is 1.89. The molecule has 1 amide bonds. The van der Waals surface area contributed by atoms with Gasteiger partial charge in [0.15, 0.2) is 11.5 Å². The standard InChI is InChI=1S/C29H26N4O5S/c1-3-36-26-18-20(9-14-25(26)38-16-15-37-24-12-10-23(35-2)11-13-24)17-22(19-30)27(34)31-29-33-32-28(39-29)21-7-5-4-6-8-21/h4-14,17-18H,3,15-16H2,1-2H3,(H,31,33,34)/b22-17-. The number of benzene rings is 3. The molecule has 0 atom stereocenters. The third kappa shape index (κ3) is 7.56. The zero-order chi connectivity index (χ0) is 27.5. The molecule has 10 heteroatoms. The summed E-state index contributed by atoms with van der Waals surface area (Å²) in [6.07, 6.45) is 1.48. The van der Waals surface area contributed by atoms with Crippen molar-refractivity contribution in [1.29, 1.82) is 5.26 Å². The Morgan fingerprint density at radius 2 is 1.69 bits per heavy atom. The second kappa shape index (κ2) is 13.6. The summed E-state index contributed by atoms with van der Waals surface area (Å²) in [5, 5.41) is 21.4. The second-order valence-corrected chi connectivity index (χ2v) is 8.89. The number of carbonyl (C=O) groups excluding carboxylic acids is 1. The zero-order valence-electron chi connectivity index (χ0n) is 21.4. The topological polar surface area (TPSA) is 116 Å². The Kier molecular flexibility index (Phi) is 9.47. The van der Waals surface area contributed by atoms with Crippen molar-refractivity contribution < 1.29 is 23.7 Å². The van der Waals surface area contributed by atoms with Gasteiger partial charge in [0, 0.05) is 5.56 Å². The largest absolute Gasteiger partial charge is 0.497 e. The Morgan fingerprint density at radius 3 is 2.41 bits per heavy atom. The van der Waals surface area contributed by atoms with Crippen LogP contribution in [0.25, 0.3) is 16.6 Å². The highest BCUT2D eigenvalue weighted by atomic mass is 32.1. The molecule has 4 rings (SSSR count). The van der Waals surface area contributed by atoms with Gasteiger partial charge in [-0.25, -0.2) is 0 Å². The fourth-order valence-electron chi connectivity index (χ4n) is 3.44. The van der Waals surface area contributed by atoms with Gasteiger partial charge in [-0.15, -0.1) is 10.2 Å². The van der Waals surface area contributed by atoms with Gasteiger partial charge in [0.2, 0.25) is 5.13 Å². The zero-order valence-corrected chi connectivity index (χ0v) is 22.2. The van der Waals surface area contributed by atoms with Crippen molar-refractivity contribution in [2.24, 2.45) is 0 Å². The highest BCUT2D eigenvalue weighted by Crippen LogP contribution is 2.30. The summed E-state index contributed by atoms with van der Waals surface area (Å²) in [7, 11) is 1.61. The number of anilines is 1. The summed E-state index contributed by atoms with van der Waals surface area (Å²) < 4.78 is 22.4. The van der Waals surface area contributed by atoms with Crippen LogP contribution in [0.3, 0.4) is 0 Å². The van der Waals surface area contributed by atoms with Gasteiger partial charge in [-0.2, -0.15) is 5.26 Å². The SMILES string of the molecule is CCOc1cc(/C=C(/C#N)C(=O)Nc2nnc(-c3ccccc3)s2)ccc1OCCOc1ccc(OC)cc1. The minimum atomic E-state index is -0.581. The molecule has 198 valence electrons. The van der Waals surface area contributed by atoms with Gasteiger partial charge in [-0.1, -0.05) is 47.7 Å². The van der Waals surface area contributed by atoms with E-state index in [4.69, 9.17) is 18.9 Å². The van der Waals surface area contributed by atoms with Crippen molar-refractivity contribution in [3.8, 4) is 39.6 Å². The minimum absolute atomic E-state index is 0.0875. The van der Waals surface area contributed by atoms with Crippen LogP contribution in [-0.4, -0.2) is 43.0 Å². The number of aromatic nitrogens is 2. The highest BCUT2D eigenvalue weighted by Gasteiger charge is 2.14. The first-order chi connectivity index (χ1) is 19.1. The summed E-state index contributed by atoms with van der Waals surface area (Å²) in [5.41, 5.74) is 1.41. The van der Waals surface area contributed by atoms with Crippen LogP contribution in [0.5, 0.6) is 23.0 Å². The Morgan fingerprint density at radius 1 is 0.949 bits per heavy atom. The Bertz CT molecular complexity index is 1460. The fourth-order valence-corrected chi connectivity index (χ4v) is 4.18. The summed E-state index contributed by atoms with van der Waals surface area (Å²) in [6, 6.07) is 23.9. The molecule has 1 N–H and O–H groups in total. The van der Waals surface area contributed by atoms with Crippen LogP contribution in [0.2, 0.25) is 0 Å². The maximum absolute atomic E-state index is 12.8. The number of ether oxygens (including phenoxy) is 4. The van der Waals surface area contributed by atoms with E-state index < -0.39 is 5.91 Å². The molecule has 0 saturated heterocycles. The third-order valence-electron chi connectivity index (χ3n) is 5.28. The molecular formula is C29H26N4O5S. The van der Waals surface area contributed by atoms with Crippen molar-refractivity contribution in [2.75, 3.05) is 32.2 Å². The lowest BCUT2D eigenvalue weighted by Crippen LogP contribution is -2.13. The Hall–Kier alpha value is -4.88. The fraction of sp³-hybridized carbons (Fsp3) is 0.172. The molecule has 1 aromatic heterocycles. The molecule has 0 radical (unpaired) electrons. The van der Waals surface area contributed by atoms with Crippen LogP contribution in [0.4, 0.5) is 5.13 Å². The van der Waals surface area contributed by atoms with E-state index in [-0.39, 0.29) is 5.57 Å². The number of methoxy groups -OCH3 is 1. The number of hydrogen-bond donors (Lipinski definition) is 1. The molecule has 0 fully saturated rings. The molecule has 0 unspecified atom stereocenters. The first kappa shape index (κ1) is 27.2. The van der Waals surface area contributed by atoms with Crippen molar-refractivity contribution >= 4 is 28.5 Å². The molecule has 0 aliphatic rings. The van der Waals surface area contributed by atoms with Crippen LogP contribution in [0.15, 0.2) is 78.4 Å². The van der Waals surface area contributed by atoms with Gasteiger partial charge >= 0.3 is 0 Å². The molecule has 0 bridgehead atoms. The number of amides is 1. The first-order valence-electron chi connectivity index (χ1n) is 12.1. The normalized spacial score (nSPS) is 10.8. The van der Waals surface area contributed by atoms with Crippen molar-refractivity contribution in [3.05, 3.63) is 83.9 Å². The molecule has 0 aliphatic heterocycles. The molecule has 4 aromatic rings. The third-order valence-corrected chi connectivity index (χ3v) is 6.17. The summed E-state index contributed by atoms with van der Waals surface area (Å²) >= 11 is 1.23. The number of carbonyl (C=O) groups is 1. The number of rotatable bonds is 12. The van der Waals surface area contributed by atoms with Gasteiger partial charge in [0.05, 0.1) is 13.7 Å². The summed E-state index contributed by atoms with van der Waals surface area (Å²) in [6.45, 7) is 2.90. The average molecular weight is 543 g/mol. The van der Waals surface area contributed by atoms with Crippen LogP contribution in [0, 0.1) is 11.3 Å². The quantitative estimate of drug-likeness (QED) is 0.139. The lowest BCUT2D eigenvalue weighted by molar-refractivity contribution is -0.112. The monoisotopic (exact) mass is 542 g/mol. The molecule has 3 aromatic carbocycles. The Balaban J connectivity index is 1.38. The van der Waals surface area contributed by atoms with Crippen LogP contribution in [0.1, 0.15) is 12.5 Å². The van der Waals surface area contributed by atoms with Gasteiger partial charge in [0.25, 0.3) is 5.91 Å². The van der Waals surface area contributed by atoms with E-state index in [0.717, 1.165) is 11.3 Å². The molecule has 1 heterocycles. The van der Waals surface area contributed by atoms with E-state index >= 15 is 0 Å². The van der Waals surface area contributed by atoms with E-state index in [1.807, 2.05) is 67.6 Å². The Labute approximate surface area is 230 Å². The van der Waals surface area contributed by atoms with Crippen molar-refractivity contribution in [1.82, 2.24) is 10.2 Å². The molecule has 0 saturated carbocycles. The molecular weight excluding hydrogens is 516 g/mol. The van der Waals surface area contributed by atoms with Crippen molar-refractivity contribution in [3.63, 3.8) is 0 Å². The number of hydrogen-bond acceptors (Lipinski definition) is 9. The van der Waals surface area contributed by atoms with E-state index in [9.17, 15) is 10.1 Å². The van der Waals surface area contributed by atoms with E-state index in [1.54, 1.807) is 25.3 Å². The maximum atomic E-state index is 12.8. The second-order valence-electron chi connectivity index (χ2n) is 7.91. The van der Waals surface area contributed by atoms with E-state index in [1.165, 1.54) is 17.4 Å². The first-order valence-corrected chi connectivity index (χ1v) is 12.9. The predicted molar refractivity (Wildman–Crippen MR) is 149 cm³/mol. The number of nitrogens with one attached hydrogen (secondary N) is 1. The van der Waals surface area contributed by atoms with Crippen LogP contribution >= 0.6 is 11.3 Å². The van der Waals surface area contributed by atoms with Crippen LogP contribution in [-0.2, 0) is 4.79 Å². The van der Waals surface area contributed by atoms with E-state index in [0.29, 0.717) is 52.8 Å². The molecule has 0 spiro atoms. The number of nitrogens with zero attached hydrogens (tertiary/aromatic N) is 3. The van der Waals surface area contributed by atoms with Gasteiger partial charge in [-0.3, -0.25) is 10.1 Å². The molecule has 0 aliphatic carbocycles.